The second-order valence-corrected chi connectivity index (χ2v) is 7.51. The average Bonchev–Trinajstić information content (AvgIpc) is 3.33. The summed E-state index contributed by atoms with van der Waals surface area (Å²) in [5.41, 5.74) is 1.81. The van der Waals surface area contributed by atoms with Gasteiger partial charge < -0.3 is 24.9 Å². The third-order valence-electron chi connectivity index (χ3n) is 5.23. The number of hydrogen-bond acceptors (Lipinski definition) is 7. The molecule has 0 fully saturated rings. The maximum atomic E-state index is 13.5. The molecule has 2 unspecified atom stereocenters. The maximum absolute atomic E-state index is 13.5. The van der Waals surface area contributed by atoms with Gasteiger partial charge in [0.15, 0.2) is 0 Å². The number of ether oxygens (including phenoxy) is 2. The molecule has 0 bridgehead atoms. The van der Waals surface area contributed by atoms with Crippen molar-refractivity contribution in [3.63, 3.8) is 0 Å². The molecule has 0 aromatic heterocycles. The number of carbonyl (C=O) groups is 3. The minimum atomic E-state index is -1.03. The minimum absolute atomic E-state index is 0.0899. The molecule has 2 atom stereocenters. The van der Waals surface area contributed by atoms with Gasteiger partial charge in [-0.2, -0.15) is 0 Å². The topological polar surface area (TPSA) is 115 Å². The first-order valence-corrected chi connectivity index (χ1v) is 10.6. The van der Waals surface area contributed by atoms with Gasteiger partial charge in [-0.15, -0.1) is 0 Å². The van der Waals surface area contributed by atoms with Crippen LogP contribution in [0.2, 0.25) is 0 Å². The van der Waals surface area contributed by atoms with Gasteiger partial charge in [0.05, 0.1) is 29.6 Å². The summed E-state index contributed by atoms with van der Waals surface area (Å²) < 4.78 is 24.0. The summed E-state index contributed by atoms with van der Waals surface area (Å²) in [6, 6.07) is 13.3. The van der Waals surface area contributed by atoms with Gasteiger partial charge in [-0.3, -0.25) is 0 Å². The van der Waals surface area contributed by atoms with E-state index in [1.54, 1.807) is 37.3 Å². The second-order valence-electron chi connectivity index (χ2n) is 7.51. The SMILES string of the molecule is CCOC(=O)C1=C(COC(=O)C2CC(c3cccc(F)c3)=NO2)NC(=O)NC1c1ccccc1. The Labute approximate surface area is 194 Å². The van der Waals surface area contributed by atoms with E-state index in [2.05, 4.69) is 15.8 Å². The Morgan fingerprint density at radius 2 is 1.94 bits per heavy atom. The van der Waals surface area contributed by atoms with Gasteiger partial charge in [-0.1, -0.05) is 47.6 Å². The Morgan fingerprint density at radius 3 is 2.68 bits per heavy atom. The molecule has 2 aliphatic rings. The van der Waals surface area contributed by atoms with Crippen molar-refractivity contribution in [2.75, 3.05) is 13.2 Å². The van der Waals surface area contributed by atoms with Crippen molar-refractivity contribution in [2.24, 2.45) is 5.16 Å². The summed E-state index contributed by atoms with van der Waals surface area (Å²) in [4.78, 5) is 42.8. The number of hydrogen-bond donors (Lipinski definition) is 2. The van der Waals surface area contributed by atoms with Crippen molar-refractivity contribution >= 4 is 23.7 Å². The molecule has 10 heteroatoms. The number of halogens is 1. The predicted molar refractivity (Wildman–Crippen MR) is 118 cm³/mol. The van der Waals surface area contributed by atoms with Crippen LogP contribution in [0.3, 0.4) is 0 Å². The van der Waals surface area contributed by atoms with Crippen LogP contribution in [0.15, 0.2) is 71.0 Å². The molecule has 0 saturated carbocycles. The summed E-state index contributed by atoms with van der Waals surface area (Å²) in [7, 11) is 0. The minimum Gasteiger partial charge on any atom is -0.463 e. The quantitative estimate of drug-likeness (QED) is 0.605. The summed E-state index contributed by atoms with van der Waals surface area (Å²) in [5, 5.41) is 9.09. The fourth-order valence-electron chi connectivity index (χ4n) is 3.66. The molecular formula is C24H22FN3O6. The molecule has 176 valence electrons. The highest BCUT2D eigenvalue weighted by Crippen LogP contribution is 2.28. The predicted octanol–water partition coefficient (Wildman–Crippen LogP) is 2.73. The van der Waals surface area contributed by atoms with Crippen molar-refractivity contribution in [3.05, 3.63) is 82.8 Å². The summed E-state index contributed by atoms with van der Waals surface area (Å²) in [6.45, 7) is 1.40. The third-order valence-corrected chi connectivity index (χ3v) is 5.23. The van der Waals surface area contributed by atoms with Crippen LogP contribution in [0.1, 0.15) is 30.5 Å². The Balaban J connectivity index is 1.49. The van der Waals surface area contributed by atoms with Crippen LogP contribution in [0.25, 0.3) is 0 Å². The molecule has 0 radical (unpaired) electrons. The zero-order chi connectivity index (χ0) is 24.1. The van der Waals surface area contributed by atoms with Gasteiger partial charge in [-0.05, 0) is 24.6 Å². The van der Waals surface area contributed by atoms with Crippen molar-refractivity contribution in [2.45, 2.75) is 25.5 Å². The fraction of sp³-hybridized carbons (Fsp3) is 0.250. The standard InChI is InChI=1S/C24H22FN3O6/c1-2-32-23(30)20-18(26-24(31)27-21(20)14-7-4-3-5-8-14)13-33-22(29)19-12-17(28-34-19)15-9-6-10-16(25)11-15/h3-11,19,21H,2,12-13H2,1H3,(H2,26,27,31). The van der Waals surface area contributed by atoms with E-state index >= 15 is 0 Å². The van der Waals surface area contributed by atoms with Crippen LogP contribution < -0.4 is 10.6 Å². The van der Waals surface area contributed by atoms with E-state index in [0.29, 0.717) is 16.8 Å². The molecule has 0 spiro atoms. The van der Waals surface area contributed by atoms with E-state index in [1.165, 1.54) is 18.2 Å². The molecular weight excluding hydrogens is 445 g/mol. The molecule has 2 amide bonds. The largest absolute Gasteiger partial charge is 0.463 e. The van der Waals surface area contributed by atoms with Gasteiger partial charge in [-0.25, -0.2) is 18.8 Å². The Hall–Kier alpha value is -4.21. The van der Waals surface area contributed by atoms with Crippen LogP contribution in [0.5, 0.6) is 0 Å². The smallest absolute Gasteiger partial charge is 0.351 e. The van der Waals surface area contributed by atoms with Crippen LogP contribution >= 0.6 is 0 Å². The van der Waals surface area contributed by atoms with E-state index in [4.69, 9.17) is 14.3 Å². The number of nitrogens with one attached hydrogen (secondary N) is 2. The summed E-state index contributed by atoms with van der Waals surface area (Å²) >= 11 is 0. The van der Waals surface area contributed by atoms with Gasteiger partial charge in [0, 0.05) is 12.0 Å². The van der Waals surface area contributed by atoms with E-state index in [1.807, 2.05) is 6.07 Å². The van der Waals surface area contributed by atoms with Crippen LogP contribution in [-0.2, 0) is 23.9 Å². The molecule has 4 rings (SSSR count). The number of carbonyl (C=O) groups excluding carboxylic acids is 3. The molecule has 9 nitrogen and oxygen atoms in total. The van der Waals surface area contributed by atoms with Crippen LogP contribution in [-0.4, -0.2) is 43.0 Å². The normalized spacial score (nSPS) is 19.5. The van der Waals surface area contributed by atoms with Crippen LogP contribution in [0, 0.1) is 5.82 Å². The van der Waals surface area contributed by atoms with Crippen molar-refractivity contribution in [3.8, 4) is 0 Å². The lowest BCUT2D eigenvalue weighted by Gasteiger charge is -2.29. The summed E-state index contributed by atoms with van der Waals surface area (Å²) in [5.74, 6) is -1.82. The maximum Gasteiger partial charge on any atom is 0.351 e. The fourth-order valence-corrected chi connectivity index (χ4v) is 3.66. The molecule has 2 heterocycles. The number of rotatable bonds is 7. The number of amides is 2. The Morgan fingerprint density at radius 1 is 1.15 bits per heavy atom. The zero-order valence-electron chi connectivity index (χ0n) is 18.2. The number of urea groups is 1. The molecule has 2 aromatic carbocycles. The lowest BCUT2D eigenvalue weighted by atomic mass is 9.95. The third kappa shape index (κ3) is 5.06. The zero-order valence-corrected chi connectivity index (χ0v) is 18.2. The average molecular weight is 467 g/mol. The molecule has 0 saturated heterocycles. The number of oxime groups is 1. The highest BCUT2D eigenvalue weighted by Gasteiger charge is 2.35. The molecule has 0 aliphatic carbocycles. The van der Waals surface area contributed by atoms with Crippen molar-refractivity contribution in [1.82, 2.24) is 10.6 Å². The van der Waals surface area contributed by atoms with Crippen molar-refractivity contribution < 1.29 is 33.1 Å². The number of esters is 2. The first-order chi connectivity index (χ1) is 16.5. The van der Waals surface area contributed by atoms with E-state index in [-0.39, 0.29) is 30.9 Å². The molecule has 2 N–H and O–H groups in total. The van der Waals surface area contributed by atoms with Crippen LogP contribution in [0.4, 0.5) is 9.18 Å². The monoisotopic (exact) mass is 467 g/mol. The summed E-state index contributed by atoms with van der Waals surface area (Å²) in [6.07, 6.45) is -0.945. The van der Waals surface area contributed by atoms with E-state index in [9.17, 15) is 18.8 Å². The van der Waals surface area contributed by atoms with Gasteiger partial charge in [0.1, 0.15) is 12.4 Å². The Kier molecular flexibility index (Phi) is 6.86. The number of benzene rings is 2. The first-order valence-electron chi connectivity index (χ1n) is 10.6. The molecule has 34 heavy (non-hydrogen) atoms. The van der Waals surface area contributed by atoms with Gasteiger partial charge >= 0.3 is 18.0 Å². The number of nitrogens with zero attached hydrogens (tertiary/aromatic N) is 1. The van der Waals surface area contributed by atoms with E-state index in [0.717, 1.165) is 0 Å². The highest BCUT2D eigenvalue weighted by atomic mass is 19.1. The lowest BCUT2D eigenvalue weighted by Crippen LogP contribution is -2.47. The second kappa shape index (κ2) is 10.2. The van der Waals surface area contributed by atoms with E-state index < -0.39 is 35.9 Å². The highest BCUT2D eigenvalue weighted by molar-refractivity contribution is 6.03. The first kappa shape index (κ1) is 23.0. The van der Waals surface area contributed by atoms with Gasteiger partial charge in [0.25, 0.3) is 0 Å². The van der Waals surface area contributed by atoms with Gasteiger partial charge in [0.2, 0.25) is 6.10 Å². The lowest BCUT2D eigenvalue weighted by molar-refractivity contribution is -0.154. The van der Waals surface area contributed by atoms with Crippen molar-refractivity contribution in [1.29, 1.82) is 0 Å². The molecule has 2 aromatic rings. The molecule has 2 aliphatic heterocycles. The Bertz CT molecular complexity index is 1160.